The van der Waals surface area contributed by atoms with E-state index >= 15 is 0 Å². The molecule has 2 rings (SSSR count). The summed E-state index contributed by atoms with van der Waals surface area (Å²) in [5.41, 5.74) is 0.521. The fourth-order valence-corrected chi connectivity index (χ4v) is 3.46. The molecule has 2 nitrogen and oxygen atoms in total. The third-order valence-electron chi connectivity index (χ3n) is 3.58. The standard InChI is InChI=1S/C15H18F2O2S/c1-19-14(18)12-3-2-4-13(9-12)20-10-11-5-7-15(16,17)8-6-11/h2-4,9,11H,5-8,10H2,1H3. The van der Waals surface area contributed by atoms with Crippen LogP contribution in [0.1, 0.15) is 36.0 Å². The van der Waals surface area contributed by atoms with Gasteiger partial charge in [-0.25, -0.2) is 13.6 Å². The van der Waals surface area contributed by atoms with Crippen molar-refractivity contribution in [1.82, 2.24) is 0 Å². The van der Waals surface area contributed by atoms with Crippen molar-refractivity contribution in [1.29, 1.82) is 0 Å². The summed E-state index contributed by atoms with van der Waals surface area (Å²) in [7, 11) is 1.35. The van der Waals surface area contributed by atoms with Crippen LogP contribution in [0.5, 0.6) is 0 Å². The molecule has 110 valence electrons. The number of halogens is 2. The van der Waals surface area contributed by atoms with Crippen molar-refractivity contribution in [2.24, 2.45) is 5.92 Å². The van der Waals surface area contributed by atoms with Gasteiger partial charge in [0.1, 0.15) is 0 Å². The van der Waals surface area contributed by atoms with Gasteiger partial charge in [0.15, 0.2) is 0 Å². The lowest BCUT2D eigenvalue weighted by atomic mass is 9.88. The summed E-state index contributed by atoms with van der Waals surface area (Å²) in [4.78, 5) is 12.4. The average Bonchev–Trinajstić information content (AvgIpc) is 2.45. The highest BCUT2D eigenvalue weighted by atomic mass is 32.2. The number of carbonyl (C=O) groups excluding carboxylic acids is 1. The number of rotatable bonds is 4. The molecule has 0 amide bonds. The van der Waals surface area contributed by atoms with Gasteiger partial charge in [-0.05, 0) is 37.0 Å². The van der Waals surface area contributed by atoms with Crippen molar-refractivity contribution in [2.75, 3.05) is 12.9 Å². The van der Waals surface area contributed by atoms with E-state index in [9.17, 15) is 13.6 Å². The van der Waals surface area contributed by atoms with Gasteiger partial charge in [-0.1, -0.05) is 6.07 Å². The van der Waals surface area contributed by atoms with E-state index in [2.05, 4.69) is 4.74 Å². The highest BCUT2D eigenvalue weighted by molar-refractivity contribution is 7.99. The molecule has 0 atom stereocenters. The molecule has 1 aromatic rings. The topological polar surface area (TPSA) is 26.3 Å². The van der Waals surface area contributed by atoms with Crippen molar-refractivity contribution in [3.05, 3.63) is 29.8 Å². The van der Waals surface area contributed by atoms with E-state index in [1.54, 1.807) is 23.9 Å². The minimum absolute atomic E-state index is 0.000424. The summed E-state index contributed by atoms with van der Waals surface area (Å²) in [6, 6.07) is 7.23. The summed E-state index contributed by atoms with van der Waals surface area (Å²) in [5, 5.41) is 0. The van der Waals surface area contributed by atoms with Crippen LogP contribution < -0.4 is 0 Å². The molecule has 1 aromatic carbocycles. The number of alkyl halides is 2. The van der Waals surface area contributed by atoms with E-state index in [-0.39, 0.29) is 18.8 Å². The second kappa shape index (κ2) is 6.57. The molecule has 0 N–H and O–H groups in total. The first-order valence-corrected chi connectivity index (χ1v) is 7.68. The maximum Gasteiger partial charge on any atom is 0.337 e. The highest BCUT2D eigenvalue weighted by Crippen LogP contribution is 2.38. The lowest BCUT2D eigenvalue weighted by Crippen LogP contribution is -2.25. The number of benzene rings is 1. The lowest BCUT2D eigenvalue weighted by molar-refractivity contribution is -0.0433. The lowest BCUT2D eigenvalue weighted by Gasteiger charge is -2.27. The van der Waals surface area contributed by atoms with Crippen LogP contribution in [0.2, 0.25) is 0 Å². The molecule has 0 heterocycles. The van der Waals surface area contributed by atoms with Gasteiger partial charge < -0.3 is 4.74 Å². The quantitative estimate of drug-likeness (QED) is 0.609. The Kier molecular flexibility index (Phi) is 5.02. The molecule has 0 spiro atoms. The summed E-state index contributed by atoms with van der Waals surface area (Å²) < 4.78 is 30.8. The van der Waals surface area contributed by atoms with Crippen LogP contribution in [0.15, 0.2) is 29.2 Å². The molecule has 0 aliphatic heterocycles. The number of ether oxygens (including phenoxy) is 1. The Morgan fingerprint density at radius 3 is 2.75 bits per heavy atom. The molecule has 0 bridgehead atoms. The summed E-state index contributed by atoms with van der Waals surface area (Å²) >= 11 is 1.62. The first-order chi connectivity index (χ1) is 9.50. The van der Waals surface area contributed by atoms with E-state index in [1.807, 2.05) is 12.1 Å². The predicted octanol–water partition coefficient (Wildman–Crippen LogP) is 4.39. The normalized spacial score (nSPS) is 18.8. The second-order valence-electron chi connectivity index (χ2n) is 5.13. The van der Waals surface area contributed by atoms with Gasteiger partial charge in [-0.3, -0.25) is 0 Å². The van der Waals surface area contributed by atoms with Crippen LogP contribution >= 0.6 is 11.8 Å². The van der Waals surface area contributed by atoms with Crippen molar-refractivity contribution < 1.29 is 18.3 Å². The molecule has 0 unspecified atom stereocenters. The molecule has 0 aromatic heterocycles. The fraction of sp³-hybridized carbons (Fsp3) is 0.533. The van der Waals surface area contributed by atoms with E-state index in [0.717, 1.165) is 10.6 Å². The zero-order valence-corrected chi connectivity index (χ0v) is 12.2. The molecule has 0 saturated heterocycles. The Morgan fingerprint density at radius 2 is 2.10 bits per heavy atom. The minimum atomic E-state index is -2.47. The first kappa shape index (κ1) is 15.3. The van der Waals surface area contributed by atoms with E-state index < -0.39 is 5.92 Å². The Labute approximate surface area is 121 Å². The van der Waals surface area contributed by atoms with Gasteiger partial charge in [0.25, 0.3) is 0 Å². The van der Waals surface area contributed by atoms with Crippen LogP contribution in [0.4, 0.5) is 8.78 Å². The van der Waals surface area contributed by atoms with Crippen LogP contribution in [-0.2, 0) is 4.74 Å². The van der Waals surface area contributed by atoms with Gasteiger partial charge in [-0.2, -0.15) is 0 Å². The van der Waals surface area contributed by atoms with Gasteiger partial charge in [0.2, 0.25) is 5.92 Å². The Morgan fingerprint density at radius 1 is 1.40 bits per heavy atom. The van der Waals surface area contributed by atoms with Crippen molar-refractivity contribution >= 4 is 17.7 Å². The number of hydrogen-bond acceptors (Lipinski definition) is 3. The molecule has 5 heteroatoms. The summed E-state index contributed by atoms with van der Waals surface area (Å²) in [6.07, 6.45) is 1.16. The van der Waals surface area contributed by atoms with Gasteiger partial charge >= 0.3 is 5.97 Å². The Hall–Kier alpha value is -1.10. The van der Waals surface area contributed by atoms with Crippen molar-refractivity contribution in [3.8, 4) is 0 Å². The molecular weight excluding hydrogens is 282 g/mol. The van der Waals surface area contributed by atoms with Gasteiger partial charge in [0, 0.05) is 23.5 Å². The highest BCUT2D eigenvalue weighted by Gasteiger charge is 2.34. The number of thioether (sulfide) groups is 1. The Bertz CT molecular complexity index is 467. The van der Waals surface area contributed by atoms with Gasteiger partial charge in [-0.15, -0.1) is 11.8 Å². The molecule has 20 heavy (non-hydrogen) atoms. The first-order valence-electron chi connectivity index (χ1n) is 6.69. The number of carbonyl (C=O) groups is 1. The number of esters is 1. The van der Waals surface area contributed by atoms with E-state index in [0.29, 0.717) is 24.3 Å². The third kappa shape index (κ3) is 4.20. The smallest absolute Gasteiger partial charge is 0.337 e. The van der Waals surface area contributed by atoms with Crippen LogP contribution in [0, 0.1) is 5.92 Å². The summed E-state index contributed by atoms with van der Waals surface area (Å²) in [5.74, 6) is -1.67. The fourth-order valence-electron chi connectivity index (χ4n) is 2.31. The minimum Gasteiger partial charge on any atom is -0.465 e. The second-order valence-corrected chi connectivity index (χ2v) is 6.22. The van der Waals surface area contributed by atoms with Crippen molar-refractivity contribution in [3.63, 3.8) is 0 Å². The predicted molar refractivity (Wildman–Crippen MR) is 75.4 cm³/mol. The van der Waals surface area contributed by atoms with Crippen LogP contribution in [-0.4, -0.2) is 24.8 Å². The van der Waals surface area contributed by atoms with E-state index in [1.165, 1.54) is 7.11 Å². The molecule has 1 fully saturated rings. The SMILES string of the molecule is COC(=O)c1cccc(SCC2CCC(F)(F)CC2)c1. The Balaban J connectivity index is 1.87. The van der Waals surface area contributed by atoms with Crippen LogP contribution in [0.3, 0.4) is 0 Å². The zero-order chi connectivity index (χ0) is 14.6. The largest absolute Gasteiger partial charge is 0.465 e. The maximum atomic E-state index is 13.1. The molecular formula is C15H18F2O2S. The van der Waals surface area contributed by atoms with Crippen LogP contribution in [0.25, 0.3) is 0 Å². The zero-order valence-electron chi connectivity index (χ0n) is 11.4. The van der Waals surface area contributed by atoms with Crippen molar-refractivity contribution in [2.45, 2.75) is 36.5 Å². The summed E-state index contributed by atoms with van der Waals surface area (Å²) in [6.45, 7) is 0. The number of methoxy groups -OCH3 is 1. The number of hydrogen-bond donors (Lipinski definition) is 0. The van der Waals surface area contributed by atoms with E-state index in [4.69, 9.17) is 0 Å². The third-order valence-corrected chi connectivity index (χ3v) is 4.80. The average molecular weight is 300 g/mol. The molecule has 1 saturated carbocycles. The van der Waals surface area contributed by atoms with Gasteiger partial charge in [0.05, 0.1) is 12.7 Å². The molecule has 1 aliphatic rings. The molecule has 0 radical (unpaired) electrons. The molecule has 1 aliphatic carbocycles. The maximum absolute atomic E-state index is 13.1. The monoisotopic (exact) mass is 300 g/mol.